The van der Waals surface area contributed by atoms with Crippen molar-refractivity contribution in [3.05, 3.63) is 29.6 Å². The Bertz CT molecular complexity index is 467. The van der Waals surface area contributed by atoms with Crippen LogP contribution in [0.1, 0.15) is 35.4 Å². The van der Waals surface area contributed by atoms with Crippen molar-refractivity contribution in [3.8, 4) is 0 Å². The van der Waals surface area contributed by atoms with Crippen molar-refractivity contribution in [2.24, 2.45) is 5.73 Å². The van der Waals surface area contributed by atoms with E-state index in [1.807, 2.05) is 0 Å². The summed E-state index contributed by atoms with van der Waals surface area (Å²) in [5, 5.41) is 19.7. The third kappa shape index (κ3) is 4.98. The van der Waals surface area contributed by atoms with Gasteiger partial charge in [0.25, 0.3) is 0 Å². The normalized spacial score (nSPS) is 13.8. The summed E-state index contributed by atoms with van der Waals surface area (Å²) in [7, 11) is 0. The molecule has 19 heavy (non-hydrogen) atoms. The average molecular weight is 284 g/mol. The second-order valence-electron chi connectivity index (χ2n) is 4.01. The van der Waals surface area contributed by atoms with E-state index < -0.39 is 18.1 Å². The van der Waals surface area contributed by atoms with E-state index in [4.69, 9.17) is 5.73 Å². The second kappa shape index (κ2) is 7.22. The highest BCUT2D eigenvalue weighted by Gasteiger charge is 2.19. The first-order valence-corrected chi connectivity index (χ1v) is 6.64. The summed E-state index contributed by atoms with van der Waals surface area (Å²) in [5.74, 6) is -0.237. The third-order valence-corrected chi connectivity index (χ3v) is 3.32. The molecule has 1 rings (SSSR count). The molecule has 1 aromatic rings. The molecule has 0 fully saturated rings. The van der Waals surface area contributed by atoms with Gasteiger partial charge in [0.05, 0.1) is 11.7 Å². The smallest absolute Gasteiger partial charge is 0.250 e. The molecule has 4 N–H and O–H groups in total. The monoisotopic (exact) mass is 284 g/mol. The quantitative estimate of drug-likeness (QED) is 0.690. The fraction of sp³-hybridized carbons (Fsp3) is 0.417. The number of pyridine rings is 1. The molecule has 104 valence electrons. The van der Waals surface area contributed by atoms with Crippen molar-refractivity contribution in [1.29, 1.82) is 0 Å². The van der Waals surface area contributed by atoms with Gasteiger partial charge in [0.15, 0.2) is 5.12 Å². The van der Waals surface area contributed by atoms with E-state index in [-0.39, 0.29) is 17.1 Å². The minimum atomic E-state index is -1.17. The van der Waals surface area contributed by atoms with Crippen molar-refractivity contribution >= 4 is 22.8 Å². The largest absolute Gasteiger partial charge is 0.390 e. The Kier molecular flexibility index (Phi) is 5.94. The number of aliphatic hydroxyl groups is 2. The van der Waals surface area contributed by atoms with Crippen LogP contribution in [0, 0.1) is 0 Å². The van der Waals surface area contributed by atoms with Crippen molar-refractivity contribution in [2.75, 3.05) is 5.75 Å². The van der Waals surface area contributed by atoms with Crippen LogP contribution in [0.3, 0.4) is 0 Å². The zero-order valence-corrected chi connectivity index (χ0v) is 11.3. The lowest BCUT2D eigenvalue weighted by Crippen LogP contribution is -2.20. The molecule has 6 nitrogen and oxygen atoms in total. The molecule has 0 aliphatic heterocycles. The first kappa shape index (κ1) is 15.6. The molecule has 7 heteroatoms. The van der Waals surface area contributed by atoms with E-state index in [9.17, 15) is 19.8 Å². The van der Waals surface area contributed by atoms with Crippen molar-refractivity contribution in [1.82, 2.24) is 4.98 Å². The van der Waals surface area contributed by atoms with Crippen LogP contribution >= 0.6 is 11.8 Å². The third-order valence-electron chi connectivity index (χ3n) is 2.47. The fourth-order valence-corrected chi connectivity index (χ4v) is 2.10. The highest BCUT2D eigenvalue weighted by molar-refractivity contribution is 8.13. The maximum Gasteiger partial charge on any atom is 0.250 e. The maximum atomic E-state index is 11.0. The molecule has 0 saturated carbocycles. The molecule has 0 radical (unpaired) electrons. The molecule has 0 aliphatic carbocycles. The van der Waals surface area contributed by atoms with Gasteiger partial charge in [-0.3, -0.25) is 14.6 Å². The number of hydrogen-bond acceptors (Lipinski definition) is 6. The van der Waals surface area contributed by atoms with Gasteiger partial charge >= 0.3 is 0 Å². The van der Waals surface area contributed by atoms with Crippen LogP contribution in [0.4, 0.5) is 0 Å². The first-order chi connectivity index (χ1) is 8.91. The number of carbonyl (C=O) groups is 2. The molecule has 2 atom stereocenters. The minimum Gasteiger partial charge on any atom is -0.390 e. The summed E-state index contributed by atoms with van der Waals surface area (Å²) in [4.78, 5) is 25.5. The van der Waals surface area contributed by atoms with Gasteiger partial charge in [-0.05, 0) is 12.5 Å². The molecule has 1 amide bonds. The molecule has 2 unspecified atom stereocenters. The number of amides is 1. The number of primary amides is 1. The van der Waals surface area contributed by atoms with Crippen LogP contribution in [0.5, 0.6) is 0 Å². The SMILES string of the molecule is CC(=O)SCCC(O)C(O)c1cncc(C(N)=O)c1. The van der Waals surface area contributed by atoms with Crippen LogP contribution in [-0.2, 0) is 4.79 Å². The molecule has 1 aromatic heterocycles. The van der Waals surface area contributed by atoms with E-state index in [2.05, 4.69) is 4.98 Å². The number of thioether (sulfide) groups is 1. The van der Waals surface area contributed by atoms with Crippen LogP contribution in [0.25, 0.3) is 0 Å². The zero-order valence-electron chi connectivity index (χ0n) is 10.4. The van der Waals surface area contributed by atoms with E-state index >= 15 is 0 Å². The number of carbonyl (C=O) groups excluding carboxylic acids is 2. The topological polar surface area (TPSA) is 114 Å². The lowest BCUT2D eigenvalue weighted by Gasteiger charge is -2.17. The van der Waals surface area contributed by atoms with Gasteiger partial charge in [0.2, 0.25) is 5.91 Å². The van der Waals surface area contributed by atoms with Gasteiger partial charge in [-0.2, -0.15) is 0 Å². The number of hydrogen-bond donors (Lipinski definition) is 3. The highest BCUT2D eigenvalue weighted by Crippen LogP contribution is 2.20. The molecule has 0 aromatic carbocycles. The Morgan fingerprint density at radius 1 is 1.42 bits per heavy atom. The summed E-state index contributed by atoms with van der Waals surface area (Å²) in [6.07, 6.45) is 0.706. The molecular weight excluding hydrogens is 268 g/mol. The fourth-order valence-electron chi connectivity index (χ4n) is 1.46. The molecule has 1 heterocycles. The molecule has 0 spiro atoms. The lowest BCUT2D eigenvalue weighted by molar-refractivity contribution is -0.109. The predicted molar refractivity (Wildman–Crippen MR) is 71.5 cm³/mol. The van der Waals surface area contributed by atoms with Gasteiger partial charge in [0, 0.05) is 30.6 Å². The van der Waals surface area contributed by atoms with Crippen LogP contribution in [0.2, 0.25) is 0 Å². The second-order valence-corrected chi connectivity index (χ2v) is 5.28. The van der Waals surface area contributed by atoms with E-state index in [1.165, 1.54) is 25.4 Å². The number of rotatable bonds is 6. The van der Waals surface area contributed by atoms with E-state index in [0.29, 0.717) is 11.3 Å². The Labute approximate surface area is 115 Å². The van der Waals surface area contributed by atoms with Crippen LogP contribution in [0.15, 0.2) is 18.5 Å². The Morgan fingerprint density at radius 2 is 2.11 bits per heavy atom. The summed E-state index contributed by atoms with van der Waals surface area (Å²) in [6, 6.07) is 1.39. The number of nitrogens with two attached hydrogens (primary N) is 1. The Hall–Kier alpha value is -1.44. The Balaban J connectivity index is 2.65. The standard InChI is InChI=1S/C12H16N2O4S/c1-7(15)19-3-2-10(16)11(17)8-4-9(12(13)18)6-14-5-8/h4-6,10-11,16-17H,2-3H2,1H3,(H2,13,18). The lowest BCUT2D eigenvalue weighted by atomic mass is 10.0. The van der Waals surface area contributed by atoms with Gasteiger partial charge in [-0.15, -0.1) is 0 Å². The molecule has 0 bridgehead atoms. The number of aromatic nitrogens is 1. The predicted octanol–water partition coefficient (Wildman–Crippen LogP) is 0.245. The zero-order chi connectivity index (χ0) is 14.4. The summed E-state index contributed by atoms with van der Waals surface area (Å²) < 4.78 is 0. The van der Waals surface area contributed by atoms with Crippen molar-refractivity contribution < 1.29 is 19.8 Å². The summed E-state index contributed by atoms with van der Waals surface area (Å²) in [6.45, 7) is 1.44. The van der Waals surface area contributed by atoms with Crippen LogP contribution < -0.4 is 5.73 Å². The highest BCUT2D eigenvalue weighted by atomic mass is 32.2. The van der Waals surface area contributed by atoms with Crippen molar-refractivity contribution in [3.63, 3.8) is 0 Å². The van der Waals surface area contributed by atoms with Crippen LogP contribution in [-0.4, -0.2) is 38.1 Å². The summed E-state index contributed by atoms with van der Waals surface area (Å²) >= 11 is 1.08. The Morgan fingerprint density at radius 3 is 2.68 bits per heavy atom. The summed E-state index contributed by atoms with van der Waals surface area (Å²) in [5.41, 5.74) is 5.59. The average Bonchev–Trinajstić information content (AvgIpc) is 2.37. The van der Waals surface area contributed by atoms with Gasteiger partial charge in [-0.1, -0.05) is 11.8 Å². The van der Waals surface area contributed by atoms with Crippen molar-refractivity contribution in [2.45, 2.75) is 25.6 Å². The molecule has 0 saturated heterocycles. The first-order valence-electron chi connectivity index (χ1n) is 5.66. The van der Waals surface area contributed by atoms with E-state index in [0.717, 1.165) is 11.8 Å². The molecular formula is C12H16N2O4S. The van der Waals surface area contributed by atoms with E-state index in [1.54, 1.807) is 0 Å². The number of aliphatic hydroxyl groups excluding tert-OH is 2. The molecule has 0 aliphatic rings. The van der Waals surface area contributed by atoms with Gasteiger partial charge in [0.1, 0.15) is 6.10 Å². The van der Waals surface area contributed by atoms with Gasteiger partial charge < -0.3 is 15.9 Å². The minimum absolute atomic E-state index is 0.0425. The van der Waals surface area contributed by atoms with Gasteiger partial charge in [-0.25, -0.2) is 0 Å². The maximum absolute atomic E-state index is 11.0. The number of nitrogens with zero attached hydrogens (tertiary/aromatic N) is 1.